The van der Waals surface area contributed by atoms with Crippen molar-refractivity contribution in [2.75, 3.05) is 38.5 Å². The van der Waals surface area contributed by atoms with Gasteiger partial charge in [0.1, 0.15) is 0 Å². The van der Waals surface area contributed by atoms with Crippen molar-refractivity contribution in [3.63, 3.8) is 0 Å². The number of amides is 1. The van der Waals surface area contributed by atoms with Gasteiger partial charge < -0.3 is 10.4 Å². The predicted octanol–water partition coefficient (Wildman–Crippen LogP) is 3.19. The molecule has 2 aromatic rings. The van der Waals surface area contributed by atoms with Gasteiger partial charge >= 0.3 is 5.97 Å². The molecule has 0 atom stereocenters. The molecule has 6 nitrogen and oxygen atoms in total. The van der Waals surface area contributed by atoms with Crippen LogP contribution in [0.1, 0.15) is 12.8 Å². The molecule has 29 heavy (non-hydrogen) atoms. The number of benzene rings is 2. The molecule has 0 radical (unpaired) electrons. The molecule has 1 amide bonds. The number of carboxylic acids is 1. The first-order valence-electron chi connectivity index (χ1n) is 9.61. The Hall–Kier alpha value is -2.41. The summed E-state index contributed by atoms with van der Waals surface area (Å²) in [6.45, 7) is 2.02. The van der Waals surface area contributed by atoms with Crippen LogP contribution >= 0.6 is 12.4 Å². The number of likely N-dealkylation sites (tertiary alicyclic amines) is 1. The fourth-order valence-corrected chi connectivity index (χ4v) is 3.64. The minimum absolute atomic E-state index is 0. The number of hydrogen-bond donors (Lipinski definition) is 2. The first-order chi connectivity index (χ1) is 13.5. The predicted molar refractivity (Wildman–Crippen MR) is 117 cm³/mol. The molecular formula is C22H28ClN3O3. The summed E-state index contributed by atoms with van der Waals surface area (Å²) in [5.74, 6) is -0.826. The number of carbonyl (C=O) groups excluding carboxylic acids is 1. The van der Waals surface area contributed by atoms with E-state index in [1.807, 2.05) is 54.4 Å². The maximum Gasteiger partial charge on any atom is 0.317 e. The van der Waals surface area contributed by atoms with Crippen LogP contribution in [0.5, 0.6) is 0 Å². The molecule has 1 aliphatic heterocycles. The fourth-order valence-electron chi connectivity index (χ4n) is 3.64. The van der Waals surface area contributed by atoms with Crippen LogP contribution in [-0.4, -0.2) is 66.1 Å². The highest BCUT2D eigenvalue weighted by Gasteiger charge is 2.24. The number of piperidine rings is 1. The average Bonchev–Trinajstić information content (AvgIpc) is 2.69. The van der Waals surface area contributed by atoms with Gasteiger partial charge in [-0.3, -0.25) is 19.4 Å². The number of carboxylic acid groups (broad SMARTS) is 1. The number of aliphatic carboxylic acids is 1. The molecule has 0 aliphatic carbocycles. The Labute approximate surface area is 177 Å². The second-order valence-corrected chi connectivity index (χ2v) is 7.31. The van der Waals surface area contributed by atoms with Crippen LogP contribution in [0.2, 0.25) is 0 Å². The number of likely N-dealkylation sites (N-methyl/N-ethyl adjacent to an activating group) is 1. The van der Waals surface area contributed by atoms with E-state index in [2.05, 4.69) is 22.3 Å². The van der Waals surface area contributed by atoms with E-state index in [9.17, 15) is 9.59 Å². The van der Waals surface area contributed by atoms with E-state index in [1.165, 1.54) is 0 Å². The second-order valence-electron chi connectivity index (χ2n) is 7.31. The standard InChI is InChI=1S/C22H27N3O3.ClH/c1-24(16-22(27)28)20-11-13-25(14-12-20)15-21(26)23-19-9-7-18(8-10-19)17-5-3-2-4-6-17;/h2-10,20H,11-16H2,1H3,(H,23,26)(H,27,28);1H. The third-order valence-electron chi connectivity index (χ3n) is 5.21. The number of nitrogens with zero attached hydrogens (tertiary/aromatic N) is 2. The van der Waals surface area contributed by atoms with Gasteiger partial charge in [-0.15, -0.1) is 12.4 Å². The van der Waals surface area contributed by atoms with Gasteiger partial charge in [-0.1, -0.05) is 42.5 Å². The molecule has 7 heteroatoms. The number of anilines is 1. The number of nitrogens with one attached hydrogen (secondary N) is 1. The van der Waals surface area contributed by atoms with E-state index < -0.39 is 5.97 Å². The lowest BCUT2D eigenvalue weighted by molar-refractivity contribution is -0.138. The topological polar surface area (TPSA) is 72.9 Å². The molecule has 0 bridgehead atoms. The van der Waals surface area contributed by atoms with Gasteiger partial charge in [-0.2, -0.15) is 0 Å². The Morgan fingerprint density at radius 2 is 1.62 bits per heavy atom. The maximum absolute atomic E-state index is 12.4. The molecule has 0 saturated carbocycles. The lowest BCUT2D eigenvalue weighted by atomic mass is 10.0. The summed E-state index contributed by atoms with van der Waals surface area (Å²) in [6, 6.07) is 18.3. The van der Waals surface area contributed by atoms with E-state index in [0.29, 0.717) is 6.54 Å². The van der Waals surface area contributed by atoms with Gasteiger partial charge in [-0.05, 0) is 43.1 Å². The zero-order valence-corrected chi connectivity index (χ0v) is 17.4. The summed E-state index contributed by atoms with van der Waals surface area (Å²) in [4.78, 5) is 27.2. The summed E-state index contributed by atoms with van der Waals surface area (Å²) >= 11 is 0. The molecule has 1 fully saturated rings. The van der Waals surface area contributed by atoms with Crippen molar-refractivity contribution in [2.24, 2.45) is 0 Å². The highest BCUT2D eigenvalue weighted by Crippen LogP contribution is 2.21. The Bertz CT molecular complexity index is 791. The second kappa shape index (κ2) is 11.0. The fraction of sp³-hybridized carbons (Fsp3) is 0.364. The van der Waals surface area contributed by atoms with Crippen LogP contribution in [0.4, 0.5) is 5.69 Å². The third-order valence-corrected chi connectivity index (χ3v) is 5.21. The molecule has 1 saturated heterocycles. The zero-order valence-electron chi connectivity index (χ0n) is 16.6. The Morgan fingerprint density at radius 1 is 1.03 bits per heavy atom. The molecule has 2 N–H and O–H groups in total. The van der Waals surface area contributed by atoms with Gasteiger partial charge in [0.05, 0.1) is 13.1 Å². The quantitative estimate of drug-likeness (QED) is 0.723. The van der Waals surface area contributed by atoms with Crippen molar-refractivity contribution in [2.45, 2.75) is 18.9 Å². The van der Waals surface area contributed by atoms with E-state index >= 15 is 0 Å². The minimum atomic E-state index is -0.803. The van der Waals surface area contributed by atoms with Gasteiger partial charge in [-0.25, -0.2) is 0 Å². The zero-order chi connectivity index (χ0) is 19.9. The molecule has 2 aromatic carbocycles. The van der Waals surface area contributed by atoms with Gasteiger partial charge in [0.2, 0.25) is 5.91 Å². The smallest absolute Gasteiger partial charge is 0.317 e. The average molecular weight is 418 g/mol. The van der Waals surface area contributed by atoms with Crippen LogP contribution in [0.3, 0.4) is 0 Å². The summed E-state index contributed by atoms with van der Waals surface area (Å²) in [7, 11) is 1.85. The lowest BCUT2D eigenvalue weighted by Gasteiger charge is -2.35. The van der Waals surface area contributed by atoms with E-state index in [4.69, 9.17) is 5.11 Å². The maximum atomic E-state index is 12.4. The Kier molecular flexibility index (Phi) is 8.64. The Balaban J connectivity index is 0.00000300. The van der Waals surface area contributed by atoms with Crippen LogP contribution in [-0.2, 0) is 9.59 Å². The van der Waals surface area contributed by atoms with Crippen molar-refractivity contribution < 1.29 is 14.7 Å². The molecule has 0 unspecified atom stereocenters. The van der Waals surface area contributed by atoms with Gasteiger partial charge in [0.25, 0.3) is 0 Å². The number of halogens is 1. The molecular weight excluding hydrogens is 390 g/mol. The summed E-state index contributed by atoms with van der Waals surface area (Å²) in [5, 5.41) is 11.9. The third kappa shape index (κ3) is 6.85. The minimum Gasteiger partial charge on any atom is -0.480 e. The van der Waals surface area contributed by atoms with Gasteiger partial charge in [0, 0.05) is 24.8 Å². The molecule has 156 valence electrons. The first kappa shape index (κ1) is 22.9. The van der Waals surface area contributed by atoms with Gasteiger partial charge in [0.15, 0.2) is 0 Å². The van der Waals surface area contributed by atoms with Crippen LogP contribution in [0, 0.1) is 0 Å². The molecule has 1 heterocycles. The van der Waals surface area contributed by atoms with E-state index in [0.717, 1.165) is 42.7 Å². The van der Waals surface area contributed by atoms with Crippen LogP contribution < -0.4 is 5.32 Å². The van der Waals surface area contributed by atoms with Crippen molar-refractivity contribution in [1.82, 2.24) is 9.80 Å². The molecule has 3 rings (SSSR count). The normalized spacial score (nSPS) is 15.0. The molecule has 0 spiro atoms. The molecule has 0 aromatic heterocycles. The van der Waals surface area contributed by atoms with Crippen molar-refractivity contribution in [3.05, 3.63) is 54.6 Å². The number of rotatable bonds is 7. The van der Waals surface area contributed by atoms with Crippen LogP contribution in [0.25, 0.3) is 11.1 Å². The number of hydrogen-bond acceptors (Lipinski definition) is 4. The summed E-state index contributed by atoms with van der Waals surface area (Å²) in [6.07, 6.45) is 1.76. The van der Waals surface area contributed by atoms with E-state index in [1.54, 1.807) is 0 Å². The highest BCUT2D eigenvalue weighted by atomic mass is 35.5. The first-order valence-corrected chi connectivity index (χ1v) is 9.61. The van der Waals surface area contributed by atoms with Crippen LogP contribution in [0.15, 0.2) is 54.6 Å². The van der Waals surface area contributed by atoms with Crippen molar-refractivity contribution in [1.29, 1.82) is 0 Å². The Morgan fingerprint density at radius 3 is 2.21 bits per heavy atom. The molecule has 1 aliphatic rings. The van der Waals surface area contributed by atoms with Crippen molar-refractivity contribution >= 4 is 30.0 Å². The highest BCUT2D eigenvalue weighted by molar-refractivity contribution is 5.92. The largest absolute Gasteiger partial charge is 0.480 e. The van der Waals surface area contributed by atoms with E-state index in [-0.39, 0.29) is 30.9 Å². The number of carbonyl (C=O) groups is 2. The lowest BCUT2D eigenvalue weighted by Crippen LogP contribution is -2.46. The SMILES string of the molecule is CN(CC(=O)O)C1CCN(CC(=O)Nc2ccc(-c3ccccc3)cc2)CC1.Cl. The summed E-state index contributed by atoms with van der Waals surface area (Å²) < 4.78 is 0. The van der Waals surface area contributed by atoms with Crippen molar-refractivity contribution in [3.8, 4) is 11.1 Å². The summed E-state index contributed by atoms with van der Waals surface area (Å²) in [5.41, 5.74) is 3.06. The monoisotopic (exact) mass is 417 g/mol.